The van der Waals surface area contributed by atoms with E-state index in [1.807, 2.05) is 0 Å². The first kappa shape index (κ1) is 21.1. The van der Waals surface area contributed by atoms with Crippen molar-refractivity contribution in [1.82, 2.24) is 5.32 Å². The predicted octanol–water partition coefficient (Wildman–Crippen LogP) is 1.36. The summed E-state index contributed by atoms with van der Waals surface area (Å²) in [5.74, 6) is -1.92. The largest absolute Gasteiger partial charge is 0.347 e. The average Bonchev–Trinajstić information content (AvgIpc) is 3.29. The van der Waals surface area contributed by atoms with Gasteiger partial charge in [0.1, 0.15) is 6.10 Å². The van der Waals surface area contributed by atoms with E-state index in [-0.39, 0.29) is 18.4 Å². The van der Waals surface area contributed by atoms with Crippen molar-refractivity contribution in [1.29, 1.82) is 0 Å². The number of benzene rings is 1. The number of rotatable bonds is 4. The summed E-state index contributed by atoms with van der Waals surface area (Å²) >= 11 is 0. The minimum absolute atomic E-state index is 0.141. The van der Waals surface area contributed by atoms with Gasteiger partial charge in [-0.3, -0.25) is 13.9 Å². The smallest absolute Gasteiger partial charge is 0.313 e. The van der Waals surface area contributed by atoms with Gasteiger partial charge in [-0.05, 0) is 43.5 Å². The zero-order chi connectivity index (χ0) is 21.2. The van der Waals surface area contributed by atoms with Crippen molar-refractivity contribution in [3.8, 4) is 0 Å². The van der Waals surface area contributed by atoms with Gasteiger partial charge in [-0.15, -0.1) is 0 Å². The number of carbonyl (C=O) groups excluding carboxylic acids is 2. The van der Waals surface area contributed by atoms with E-state index in [4.69, 9.17) is 9.47 Å². The van der Waals surface area contributed by atoms with Crippen LogP contribution in [0.2, 0.25) is 0 Å². The predicted molar refractivity (Wildman–Crippen MR) is 110 cm³/mol. The van der Waals surface area contributed by atoms with Gasteiger partial charge >= 0.3 is 11.8 Å². The second-order valence-corrected chi connectivity index (χ2v) is 9.99. The fraction of sp³-hybridized carbons (Fsp3) is 0.600. The molecule has 3 aliphatic rings. The van der Waals surface area contributed by atoms with Crippen molar-refractivity contribution in [3.05, 3.63) is 24.3 Å². The van der Waals surface area contributed by atoms with Crippen LogP contribution in [0, 0.1) is 0 Å². The summed E-state index contributed by atoms with van der Waals surface area (Å²) in [5, 5.41) is 5.11. The van der Waals surface area contributed by atoms with E-state index in [0.717, 1.165) is 25.7 Å². The number of anilines is 2. The Balaban J connectivity index is 1.25. The molecule has 2 heterocycles. The summed E-state index contributed by atoms with van der Waals surface area (Å²) in [6.45, 7) is 1.06. The Morgan fingerprint density at radius 3 is 2.47 bits per heavy atom. The van der Waals surface area contributed by atoms with Crippen molar-refractivity contribution in [2.75, 3.05) is 35.1 Å². The molecule has 9 nitrogen and oxygen atoms in total. The fourth-order valence-electron chi connectivity index (χ4n) is 4.19. The molecule has 2 saturated heterocycles. The molecule has 0 aromatic heterocycles. The lowest BCUT2D eigenvalue weighted by Gasteiger charge is -2.31. The molecule has 1 atom stereocenters. The number of sulfonamides is 1. The minimum Gasteiger partial charge on any atom is -0.347 e. The van der Waals surface area contributed by atoms with Crippen LogP contribution in [0.1, 0.15) is 38.5 Å². The second kappa shape index (κ2) is 8.52. The molecule has 0 radical (unpaired) electrons. The monoisotopic (exact) mass is 437 g/mol. The summed E-state index contributed by atoms with van der Waals surface area (Å²) < 4.78 is 37.1. The fourth-order valence-corrected chi connectivity index (χ4v) is 5.75. The van der Waals surface area contributed by atoms with Crippen molar-refractivity contribution in [2.45, 2.75) is 50.4 Å². The third kappa shape index (κ3) is 4.60. The van der Waals surface area contributed by atoms with Gasteiger partial charge in [0.15, 0.2) is 5.79 Å². The van der Waals surface area contributed by atoms with E-state index in [2.05, 4.69) is 10.6 Å². The Kier molecular flexibility index (Phi) is 5.99. The van der Waals surface area contributed by atoms with Crippen LogP contribution >= 0.6 is 0 Å². The van der Waals surface area contributed by atoms with Gasteiger partial charge in [-0.2, -0.15) is 0 Å². The highest BCUT2D eigenvalue weighted by molar-refractivity contribution is 7.93. The van der Waals surface area contributed by atoms with Crippen LogP contribution in [0.3, 0.4) is 0 Å². The van der Waals surface area contributed by atoms with Crippen molar-refractivity contribution in [3.63, 3.8) is 0 Å². The van der Waals surface area contributed by atoms with E-state index in [9.17, 15) is 18.0 Å². The normalized spacial score (nSPS) is 24.7. The summed E-state index contributed by atoms with van der Waals surface area (Å²) in [6.07, 6.45) is 5.40. The maximum atomic E-state index is 12.2. The summed E-state index contributed by atoms with van der Waals surface area (Å²) in [7, 11) is -3.26. The zero-order valence-electron chi connectivity index (χ0n) is 16.8. The molecule has 1 aromatic carbocycles. The SMILES string of the molecule is O=C(NCC1COC2(CCCCC2)O1)C(=O)Nc1ccc(N2CCCS2(=O)=O)cc1. The molecule has 4 rings (SSSR count). The first-order valence-electron chi connectivity index (χ1n) is 10.4. The molecule has 0 bridgehead atoms. The Labute approximate surface area is 176 Å². The van der Waals surface area contributed by atoms with Gasteiger partial charge in [0.25, 0.3) is 0 Å². The molecule has 1 aromatic rings. The minimum atomic E-state index is -3.26. The Hall–Kier alpha value is -2.17. The molecule has 30 heavy (non-hydrogen) atoms. The van der Waals surface area contributed by atoms with E-state index >= 15 is 0 Å². The Morgan fingerprint density at radius 1 is 1.07 bits per heavy atom. The van der Waals surface area contributed by atoms with Crippen LogP contribution in [-0.2, 0) is 29.1 Å². The van der Waals surface area contributed by atoms with Crippen LogP contribution in [0.25, 0.3) is 0 Å². The average molecular weight is 438 g/mol. The van der Waals surface area contributed by atoms with E-state index in [0.29, 0.717) is 30.9 Å². The number of hydrogen-bond donors (Lipinski definition) is 2. The van der Waals surface area contributed by atoms with Crippen LogP contribution in [0.4, 0.5) is 11.4 Å². The molecular formula is C20H27N3O6S. The summed E-state index contributed by atoms with van der Waals surface area (Å²) in [6, 6.07) is 6.39. The third-order valence-electron chi connectivity index (χ3n) is 5.74. The molecule has 1 saturated carbocycles. The number of carbonyl (C=O) groups is 2. The molecule has 1 spiro atoms. The lowest BCUT2D eigenvalue weighted by molar-refractivity contribution is -0.186. The maximum absolute atomic E-state index is 12.2. The molecule has 2 amide bonds. The molecule has 1 unspecified atom stereocenters. The van der Waals surface area contributed by atoms with E-state index in [1.54, 1.807) is 24.3 Å². The van der Waals surface area contributed by atoms with Crippen LogP contribution in [0.5, 0.6) is 0 Å². The van der Waals surface area contributed by atoms with Gasteiger partial charge in [0.05, 0.1) is 18.0 Å². The number of hydrogen-bond acceptors (Lipinski definition) is 6. The van der Waals surface area contributed by atoms with E-state index < -0.39 is 27.6 Å². The van der Waals surface area contributed by atoms with Crippen molar-refractivity contribution < 1.29 is 27.5 Å². The first-order valence-corrected chi connectivity index (χ1v) is 12.0. The van der Waals surface area contributed by atoms with Crippen LogP contribution < -0.4 is 14.9 Å². The van der Waals surface area contributed by atoms with E-state index in [1.165, 1.54) is 10.7 Å². The maximum Gasteiger partial charge on any atom is 0.313 e. The van der Waals surface area contributed by atoms with Crippen LogP contribution in [-0.4, -0.2) is 57.6 Å². The Morgan fingerprint density at radius 2 is 1.80 bits per heavy atom. The van der Waals surface area contributed by atoms with Gasteiger partial charge in [-0.25, -0.2) is 8.42 Å². The van der Waals surface area contributed by atoms with Crippen molar-refractivity contribution in [2.24, 2.45) is 0 Å². The van der Waals surface area contributed by atoms with Gasteiger partial charge in [-0.1, -0.05) is 6.42 Å². The number of amides is 2. The summed E-state index contributed by atoms with van der Waals surface area (Å²) in [4.78, 5) is 24.3. The molecule has 10 heteroatoms. The van der Waals surface area contributed by atoms with Gasteiger partial charge < -0.3 is 20.1 Å². The molecule has 2 N–H and O–H groups in total. The first-order chi connectivity index (χ1) is 14.4. The lowest BCUT2D eigenvalue weighted by atomic mass is 9.94. The number of ether oxygens (including phenoxy) is 2. The lowest BCUT2D eigenvalue weighted by Crippen LogP contribution is -2.41. The molecule has 164 valence electrons. The second-order valence-electron chi connectivity index (χ2n) is 7.97. The molecule has 1 aliphatic carbocycles. The Bertz CT molecular complexity index is 896. The molecule has 3 fully saturated rings. The zero-order valence-corrected chi connectivity index (χ0v) is 17.6. The highest BCUT2D eigenvalue weighted by Crippen LogP contribution is 2.37. The van der Waals surface area contributed by atoms with Gasteiger partial charge in [0.2, 0.25) is 10.0 Å². The van der Waals surface area contributed by atoms with Gasteiger partial charge in [0, 0.05) is 31.6 Å². The number of nitrogens with one attached hydrogen (secondary N) is 2. The number of nitrogens with zero attached hydrogens (tertiary/aromatic N) is 1. The molecular weight excluding hydrogens is 410 g/mol. The third-order valence-corrected chi connectivity index (χ3v) is 7.61. The standard InChI is InChI=1S/C20H27N3O6S/c24-18(21-13-17-14-28-20(29-17)9-2-1-3-10-20)19(25)22-15-5-7-16(8-6-15)23-11-4-12-30(23,26)27/h5-8,17H,1-4,9-14H2,(H,21,24)(H,22,25). The highest BCUT2D eigenvalue weighted by atomic mass is 32.2. The topological polar surface area (TPSA) is 114 Å². The summed E-state index contributed by atoms with van der Waals surface area (Å²) in [5.41, 5.74) is 0.960. The molecule has 2 aliphatic heterocycles. The highest BCUT2D eigenvalue weighted by Gasteiger charge is 2.42. The quantitative estimate of drug-likeness (QED) is 0.688. The van der Waals surface area contributed by atoms with Crippen molar-refractivity contribution >= 4 is 33.2 Å². The van der Waals surface area contributed by atoms with Crippen LogP contribution in [0.15, 0.2) is 24.3 Å².